The van der Waals surface area contributed by atoms with Gasteiger partial charge in [0.15, 0.2) is 40.6 Å². The van der Waals surface area contributed by atoms with Crippen molar-refractivity contribution in [1.82, 2.24) is 81.5 Å². The maximum atomic E-state index is 13.7. The van der Waals surface area contributed by atoms with Crippen LogP contribution < -0.4 is 58.4 Å². The van der Waals surface area contributed by atoms with Crippen LogP contribution in [-0.4, -0.2) is 205 Å². The Bertz CT molecular complexity index is 6970. The number of carbonyl (C=O) groups is 16. The largest absolute Gasteiger partial charge is 0.355 e. The first kappa shape index (κ1) is 107. The van der Waals surface area contributed by atoms with Crippen LogP contribution >= 0.6 is 7.26 Å². The highest BCUT2D eigenvalue weighted by Gasteiger charge is 2.45. The van der Waals surface area contributed by atoms with Crippen LogP contribution in [0.2, 0.25) is 0 Å². The van der Waals surface area contributed by atoms with Gasteiger partial charge in [0.25, 0.3) is 29.5 Å². The van der Waals surface area contributed by atoms with Gasteiger partial charge in [-0.1, -0.05) is 54.6 Å². The Kier molecular flexibility index (Phi) is 36.0. The number of hydrogen-bond acceptors (Lipinski definition) is 20. The Hall–Kier alpha value is -16.2. The first-order chi connectivity index (χ1) is 69.8. The highest BCUT2D eigenvalue weighted by Crippen LogP contribution is 2.56. The minimum atomic E-state index is -2.25. The van der Waals surface area contributed by atoms with Crippen LogP contribution in [0.5, 0.6) is 0 Å². The number of nitrogens with one attached hydrogen (secondary N) is 8. The fourth-order valence-electron chi connectivity index (χ4n) is 17.9. The van der Waals surface area contributed by atoms with Crippen LogP contribution in [-0.2, 0) is 131 Å². The Morgan fingerprint density at radius 2 is 0.664 bits per heavy atom. The summed E-state index contributed by atoms with van der Waals surface area (Å²) < 4.78 is 15.6. The summed E-state index contributed by atoms with van der Waals surface area (Å²) in [6.45, 7) is 1.03. The molecule has 13 aromatic rings. The van der Waals surface area contributed by atoms with Gasteiger partial charge in [0.05, 0.1) is 64.5 Å². The molecule has 0 aliphatic heterocycles. The lowest BCUT2D eigenvalue weighted by Gasteiger charge is -2.27. The van der Waals surface area contributed by atoms with E-state index in [1.54, 1.807) is 149 Å². The molecule has 8 amide bonds. The quantitative estimate of drug-likeness (QED) is 0.00997. The molecule has 762 valence electrons. The fourth-order valence-corrected chi connectivity index (χ4v) is 22.1. The van der Waals surface area contributed by atoms with Gasteiger partial charge in [0.2, 0.25) is 35.2 Å². The van der Waals surface area contributed by atoms with E-state index in [4.69, 9.17) is 0 Å². The van der Waals surface area contributed by atoms with E-state index in [0.717, 1.165) is 35.3 Å². The van der Waals surface area contributed by atoms with Crippen LogP contribution in [0.1, 0.15) is 223 Å². The number of unbranched alkanes of at least 4 members (excludes halogenated alkanes) is 1. The summed E-state index contributed by atoms with van der Waals surface area (Å²) in [5.41, 5.74) is 5.73. The van der Waals surface area contributed by atoms with E-state index in [1.807, 2.05) is 68.7 Å². The van der Waals surface area contributed by atoms with E-state index >= 15 is 0 Å². The molecule has 0 fully saturated rings. The molecule has 8 N–H and O–H groups in total. The number of amides is 8. The summed E-state index contributed by atoms with van der Waals surface area (Å²) in [6, 6.07) is 41.8. The van der Waals surface area contributed by atoms with Crippen molar-refractivity contribution in [3.8, 4) is 0 Å². The Labute approximate surface area is 845 Å². The van der Waals surface area contributed by atoms with Gasteiger partial charge in [-0.3, -0.25) is 76.7 Å². The summed E-state index contributed by atoms with van der Waals surface area (Å²) in [4.78, 5) is 229. The molecule has 3 aromatic carbocycles. The van der Waals surface area contributed by atoms with Crippen molar-refractivity contribution in [3.05, 3.63) is 281 Å². The number of aryl methyl sites for hydroxylation is 10. The normalized spacial score (nSPS) is 11.3. The van der Waals surface area contributed by atoms with Crippen LogP contribution in [0.3, 0.4) is 0 Å². The second-order valence-corrected chi connectivity index (χ2v) is 40.8. The number of imidazole rings is 3. The van der Waals surface area contributed by atoms with Crippen molar-refractivity contribution in [3.63, 3.8) is 0 Å². The van der Waals surface area contributed by atoms with Gasteiger partial charge in [0, 0.05) is 229 Å². The topological polar surface area (TPSA) is 461 Å². The van der Waals surface area contributed by atoms with Crippen LogP contribution in [0, 0.1) is 0 Å². The third-order valence-corrected chi connectivity index (χ3v) is 29.6. The molecule has 0 aliphatic rings. The number of nitrogens with zero attached hydrogens (tertiary/aromatic N) is 14. The maximum Gasteiger partial charge on any atom is 0.291 e. The van der Waals surface area contributed by atoms with Gasteiger partial charge in [-0.15, -0.1) is 0 Å². The van der Waals surface area contributed by atoms with Gasteiger partial charge in [-0.05, 0) is 154 Å². The first-order valence-electron chi connectivity index (χ1n) is 48.3. The lowest BCUT2D eigenvalue weighted by atomic mass is 10.0. The number of aromatic nitrogens is 13. The smallest absolute Gasteiger partial charge is 0.291 e. The predicted molar refractivity (Wildman–Crippen MR) is 555 cm³/mol. The number of ketones is 8. The Balaban J connectivity index is 0.477. The van der Waals surface area contributed by atoms with E-state index < -0.39 is 48.6 Å². The average Bonchev–Trinajstić information content (AvgIpc) is 1.22. The van der Waals surface area contributed by atoms with Crippen LogP contribution in [0.15, 0.2) is 195 Å². The van der Waals surface area contributed by atoms with Crippen molar-refractivity contribution in [1.29, 1.82) is 0 Å². The second kappa shape index (κ2) is 49.2. The Morgan fingerprint density at radius 3 is 1.16 bits per heavy atom. The van der Waals surface area contributed by atoms with E-state index in [0.29, 0.717) is 76.1 Å². The van der Waals surface area contributed by atoms with Crippen molar-refractivity contribution in [2.45, 2.75) is 122 Å². The zero-order valence-electron chi connectivity index (χ0n) is 84.2. The molecule has 39 heteroatoms. The van der Waals surface area contributed by atoms with Crippen molar-refractivity contribution >= 4 is 145 Å². The van der Waals surface area contributed by atoms with Gasteiger partial charge in [0.1, 0.15) is 57.6 Å². The van der Waals surface area contributed by atoms with Crippen molar-refractivity contribution in [2.75, 3.05) is 73.0 Å². The summed E-state index contributed by atoms with van der Waals surface area (Å²) in [5.74, 6) is -4.95. The predicted octanol–water partition coefficient (Wildman–Crippen LogP) is 10.0. The molecule has 146 heavy (non-hydrogen) atoms. The number of benzene rings is 3. The molecule has 0 unspecified atom stereocenters. The van der Waals surface area contributed by atoms with Gasteiger partial charge in [-0.2, -0.15) is 0 Å². The van der Waals surface area contributed by atoms with Crippen molar-refractivity contribution < 1.29 is 76.7 Å². The molecular formula is C107H124N22O16P+. The minimum Gasteiger partial charge on any atom is -0.355 e. The lowest BCUT2D eigenvalue weighted by molar-refractivity contribution is -0.121. The summed E-state index contributed by atoms with van der Waals surface area (Å²) in [6.07, 6.45) is 20.6. The molecule has 0 aliphatic carbocycles. The number of anilines is 5. The molecule has 10 aromatic heterocycles. The molecule has 0 radical (unpaired) electrons. The van der Waals surface area contributed by atoms with Crippen LogP contribution in [0.25, 0.3) is 0 Å². The highest BCUT2D eigenvalue weighted by atomic mass is 31.2. The third-order valence-electron chi connectivity index (χ3n) is 25.1. The number of hydrogen-bond donors (Lipinski definition) is 8. The minimum absolute atomic E-state index is 0.0236. The second-order valence-electron chi connectivity index (χ2n) is 37.1. The van der Waals surface area contributed by atoms with E-state index in [-0.39, 0.29) is 225 Å². The van der Waals surface area contributed by atoms with E-state index in [1.165, 1.54) is 72.0 Å². The zero-order valence-corrected chi connectivity index (χ0v) is 85.1. The molecule has 0 saturated carbocycles. The monoisotopic (exact) mass is 2000 g/mol. The summed E-state index contributed by atoms with van der Waals surface area (Å²) in [7, 11) is 18.3. The standard InChI is InChI=1S/C107H123N22O16P/c1-119(2)45-23-22-27-77(130)28-24-37-90(133)83-49-71(61-120(83)3)53-93(136)86-51-72(62-123(86)6)54-94(137)100-112-73(66-127(100)10)55-79(132)29-25-38-91(134)84-50-70(60-121(84)4)52-92(135)85-48-69(59-122(85)5)47-78(131)30-26-42-109-106(144)101-117-96(68-128(101)11)118-105(143)89-56-74(63-125(89)8)111-98(139)40-44-110-103(141)87-57-75(64-124(87)7)113-104(142)88-58-76(65-126(88)9)114-107(145)102-116-95(67-129(102)12)115-99(140)39-43-108-97(138)41-46-146(80-31-16-13-17-32-80,81-33-18-14-19-34-81)82-35-20-15-21-36-82/h13-21,31-36,48-51,56-68H,22-30,37-47,52-55H2,1-12H3,(H7-,108,109,110,111,113,114,115,118,138,139,140,141,142,143,144,145)/p+1. The average molecular weight is 2010 g/mol. The summed E-state index contributed by atoms with van der Waals surface area (Å²) >= 11 is 0. The van der Waals surface area contributed by atoms with Gasteiger partial charge < -0.3 is 93.1 Å². The van der Waals surface area contributed by atoms with E-state index in [2.05, 4.69) is 98.8 Å². The van der Waals surface area contributed by atoms with Gasteiger partial charge >= 0.3 is 0 Å². The zero-order chi connectivity index (χ0) is 105. The van der Waals surface area contributed by atoms with E-state index in [9.17, 15) is 76.7 Å². The van der Waals surface area contributed by atoms with Crippen LogP contribution in [0.4, 0.5) is 28.7 Å². The highest BCUT2D eigenvalue weighted by molar-refractivity contribution is 7.95. The lowest BCUT2D eigenvalue weighted by Crippen LogP contribution is -2.35. The number of rotatable bonds is 54. The molecule has 0 bridgehead atoms. The molecule has 0 spiro atoms. The van der Waals surface area contributed by atoms with Gasteiger partial charge in [-0.25, -0.2) is 15.0 Å². The number of carbonyl (C=O) groups excluding carboxylic acids is 16. The summed E-state index contributed by atoms with van der Waals surface area (Å²) in [5, 5.41) is 25.5. The van der Waals surface area contributed by atoms with Crippen molar-refractivity contribution in [2.24, 2.45) is 70.5 Å². The molecular weight excluding hydrogens is 1880 g/mol. The Morgan fingerprint density at radius 1 is 0.281 bits per heavy atom. The fraction of sp³-hybridized carbons (Fsp3) is 0.336. The molecule has 13 rings (SSSR count). The SMILES string of the molecule is CN(C)CCCCC(=O)CCCC(=O)c1cc(CC(=O)c2cc(CC(=O)c3nc(CC(=O)CCCC(=O)c4cc(CC(=O)c5cc(CC(=O)CCCNC(=O)c6nc(NC(=O)c7cc(NC(=O)CCNC(=O)c8cc(NC(=O)c9cc(NC(=O)c%10nc(NC(=O)CCNC(=O)CC[P+](c%11ccccc%11)(c%11ccccc%11)c%11ccccc%11)cn%10C)cn9C)cn8C)cn7C)cn6C)cn5C)cn4C)cn3C)cn2C)cn1C. The maximum absolute atomic E-state index is 13.7. The molecule has 38 nitrogen and oxygen atoms in total. The number of Topliss-reactive ketones (excluding diaryl/α,β-unsaturated/α-hetero) is 8. The first-order valence-corrected chi connectivity index (χ1v) is 50.3. The third kappa shape index (κ3) is 28.2. The molecule has 0 atom stereocenters. The molecule has 10 heterocycles. The molecule has 0 saturated heterocycles.